The number of likely N-dealkylation sites (tertiary alicyclic amines) is 1. The first-order valence-corrected chi connectivity index (χ1v) is 7.18. The Kier molecular flexibility index (Phi) is 4.64. The number of amides is 1. The van der Waals surface area contributed by atoms with E-state index in [-0.39, 0.29) is 12.5 Å². The molecule has 2 atom stereocenters. The van der Waals surface area contributed by atoms with Crippen molar-refractivity contribution in [1.29, 1.82) is 0 Å². The van der Waals surface area contributed by atoms with E-state index >= 15 is 0 Å². The molecule has 0 radical (unpaired) electrons. The molecule has 0 aliphatic carbocycles. The molecule has 2 rings (SSSR count). The van der Waals surface area contributed by atoms with Crippen molar-refractivity contribution in [3.63, 3.8) is 0 Å². The van der Waals surface area contributed by atoms with E-state index in [0.29, 0.717) is 10.7 Å². The molecule has 98 valence electrons. The second kappa shape index (κ2) is 6.23. The van der Waals surface area contributed by atoms with Crippen LogP contribution in [0.2, 0.25) is 0 Å². The lowest BCUT2D eigenvalue weighted by atomic mass is 9.99. The minimum atomic E-state index is 0.0650. The Morgan fingerprint density at radius 1 is 1.44 bits per heavy atom. The van der Waals surface area contributed by atoms with Crippen molar-refractivity contribution in [3.05, 3.63) is 30.3 Å². The topological polar surface area (TPSA) is 29.5 Å². The van der Waals surface area contributed by atoms with Gasteiger partial charge in [0.25, 0.3) is 5.91 Å². The van der Waals surface area contributed by atoms with Crippen LogP contribution < -0.4 is 4.74 Å². The van der Waals surface area contributed by atoms with Crippen molar-refractivity contribution >= 4 is 21.8 Å². The number of piperidine rings is 1. The molecule has 0 aromatic heterocycles. The molecule has 4 heteroatoms. The quantitative estimate of drug-likeness (QED) is 0.803. The summed E-state index contributed by atoms with van der Waals surface area (Å²) in [6.07, 6.45) is 1.05. The number of carbonyl (C=O) groups excluding carboxylic acids is 1. The predicted molar refractivity (Wildman–Crippen MR) is 75.0 cm³/mol. The predicted octanol–water partition coefficient (Wildman–Crippen LogP) is 2.70. The number of hydrogen-bond acceptors (Lipinski definition) is 2. The van der Waals surface area contributed by atoms with Gasteiger partial charge in [0.05, 0.1) is 0 Å². The first kappa shape index (κ1) is 13.4. The van der Waals surface area contributed by atoms with E-state index in [4.69, 9.17) is 4.74 Å². The lowest BCUT2D eigenvalue weighted by Crippen LogP contribution is -2.45. The van der Waals surface area contributed by atoms with Crippen molar-refractivity contribution in [2.24, 2.45) is 5.92 Å². The summed E-state index contributed by atoms with van der Waals surface area (Å²) in [4.78, 5) is 14.3. The van der Waals surface area contributed by atoms with Gasteiger partial charge in [-0.15, -0.1) is 0 Å². The van der Waals surface area contributed by atoms with Crippen molar-refractivity contribution in [1.82, 2.24) is 4.90 Å². The van der Waals surface area contributed by atoms with Gasteiger partial charge in [-0.05, 0) is 24.5 Å². The largest absolute Gasteiger partial charge is 0.484 e. The van der Waals surface area contributed by atoms with Gasteiger partial charge in [-0.25, -0.2) is 0 Å². The maximum absolute atomic E-state index is 12.0. The first-order valence-electron chi connectivity index (χ1n) is 6.26. The van der Waals surface area contributed by atoms with Gasteiger partial charge in [-0.3, -0.25) is 4.79 Å². The van der Waals surface area contributed by atoms with Crippen LogP contribution >= 0.6 is 15.9 Å². The Morgan fingerprint density at radius 3 is 2.83 bits per heavy atom. The van der Waals surface area contributed by atoms with Crippen LogP contribution in [-0.4, -0.2) is 35.3 Å². The summed E-state index contributed by atoms with van der Waals surface area (Å²) in [6, 6.07) is 9.45. The minimum Gasteiger partial charge on any atom is -0.484 e. The number of halogens is 1. The zero-order valence-corrected chi connectivity index (χ0v) is 12.1. The Labute approximate surface area is 116 Å². The van der Waals surface area contributed by atoms with Crippen LogP contribution in [0.5, 0.6) is 5.75 Å². The molecule has 1 aromatic carbocycles. The highest BCUT2D eigenvalue weighted by molar-refractivity contribution is 9.09. The molecule has 0 saturated carbocycles. The number of alkyl halides is 1. The van der Waals surface area contributed by atoms with E-state index < -0.39 is 0 Å². The van der Waals surface area contributed by atoms with Crippen LogP contribution in [0.25, 0.3) is 0 Å². The molecular weight excluding hydrogens is 294 g/mol. The van der Waals surface area contributed by atoms with Gasteiger partial charge in [0, 0.05) is 17.9 Å². The lowest BCUT2D eigenvalue weighted by Gasteiger charge is -2.34. The minimum absolute atomic E-state index is 0.0650. The first-order chi connectivity index (χ1) is 8.66. The van der Waals surface area contributed by atoms with Crippen LogP contribution in [0.4, 0.5) is 0 Å². The fourth-order valence-electron chi connectivity index (χ4n) is 2.00. The molecular formula is C14H18BrNO2. The van der Waals surface area contributed by atoms with E-state index in [1.807, 2.05) is 35.2 Å². The van der Waals surface area contributed by atoms with Crippen LogP contribution in [0.3, 0.4) is 0 Å². The number of carbonyl (C=O) groups is 1. The van der Waals surface area contributed by atoms with E-state index in [1.54, 1.807) is 0 Å². The van der Waals surface area contributed by atoms with E-state index in [9.17, 15) is 4.79 Å². The summed E-state index contributed by atoms with van der Waals surface area (Å²) < 4.78 is 5.48. The van der Waals surface area contributed by atoms with E-state index in [1.165, 1.54) is 0 Å². The molecule has 3 nitrogen and oxygen atoms in total. The van der Waals surface area contributed by atoms with Gasteiger partial charge in [-0.2, -0.15) is 0 Å². The second-order valence-electron chi connectivity index (χ2n) is 4.72. The third-order valence-corrected chi connectivity index (χ3v) is 4.52. The van der Waals surface area contributed by atoms with E-state index in [0.717, 1.165) is 25.3 Å². The Balaban J connectivity index is 1.82. The Hall–Kier alpha value is -1.03. The van der Waals surface area contributed by atoms with Crippen LogP contribution in [0.1, 0.15) is 13.3 Å². The SMILES string of the molecule is CC1CCN(C(=O)COc2ccccc2)CC1Br. The van der Waals surface area contributed by atoms with Crippen molar-refractivity contribution in [2.45, 2.75) is 18.2 Å². The Bertz CT molecular complexity index is 396. The second-order valence-corrected chi connectivity index (χ2v) is 5.90. The van der Waals surface area contributed by atoms with Crippen LogP contribution in [0, 0.1) is 5.92 Å². The highest BCUT2D eigenvalue weighted by atomic mass is 79.9. The molecule has 2 unspecified atom stereocenters. The van der Waals surface area contributed by atoms with Gasteiger partial charge >= 0.3 is 0 Å². The van der Waals surface area contributed by atoms with Crippen LogP contribution in [0.15, 0.2) is 30.3 Å². The number of para-hydroxylation sites is 1. The van der Waals surface area contributed by atoms with Gasteiger partial charge in [-0.1, -0.05) is 41.1 Å². The zero-order chi connectivity index (χ0) is 13.0. The highest BCUT2D eigenvalue weighted by Crippen LogP contribution is 2.23. The monoisotopic (exact) mass is 311 g/mol. The highest BCUT2D eigenvalue weighted by Gasteiger charge is 2.26. The number of rotatable bonds is 3. The summed E-state index contributed by atoms with van der Waals surface area (Å²) in [6.45, 7) is 3.94. The lowest BCUT2D eigenvalue weighted by molar-refractivity contribution is -0.134. The van der Waals surface area contributed by atoms with Gasteiger partial charge in [0.1, 0.15) is 5.75 Å². The third-order valence-electron chi connectivity index (χ3n) is 3.32. The molecule has 0 N–H and O–H groups in total. The molecule has 0 bridgehead atoms. The normalized spacial score (nSPS) is 23.8. The number of benzene rings is 1. The van der Waals surface area contributed by atoms with Gasteiger partial charge in [0.2, 0.25) is 0 Å². The molecule has 1 aliphatic heterocycles. The van der Waals surface area contributed by atoms with Gasteiger partial charge in [0.15, 0.2) is 6.61 Å². The molecule has 0 spiro atoms. The standard InChI is InChI=1S/C14H18BrNO2/c1-11-7-8-16(9-13(11)15)14(17)10-18-12-5-3-2-4-6-12/h2-6,11,13H,7-10H2,1H3. The van der Waals surface area contributed by atoms with Crippen molar-refractivity contribution in [2.75, 3.05) is 19.7 Å². The van der Waals surface area contributed by atoms with Crippen LogP contribution in [-0.2, 0) is 4.79 Å². The zero-order valence-electron chi connectivity index (χ0n) is 10.5. The smallest absolute Gasteiger partial charge is 0.260 e. The molecule has 1 fully saturated rings. The number of nitrogens with zero attached hydrogens (tertiary/aromatic N) is 1. The average molecular weight is 312 g/mol. The summed E-state index contributed by atoms with van der Waals surface area (Å²) >= 11 is 3.62. The summed E-state index contributed by atoms with van der Waals surface area (Å²) in [5.74, 6) is 1.44. The van der Waals surface area contributed by atoms with Gasteiger partial charge < -0.3 is 9.64 Å². The Morgan fingerprint density at radius 2 is 2.17 bits per heavy atom. The fourth-order valence-corrected chi connectivity index (χ4v) is 2.62. The molecule has 18 heavy (non-hydrogen) atoms. The molecule has 1 heterocycles. The molecule has 1 aromatic rings. The summed E-state index contributed by atoms with van der Waals surface area (Å²) in [7, 11) is 0. The third kappa shape index (κ3) is 3.48. The van der Waals surface area contributed by atoms with Crippen molar-refractivity contribution < 1.29 is 9.53 Å². The molecule has 1 saturated heterocycles. The number of ether oxygens (including phenoxy) is 1. The molecule has 1 amide bonds. The fraction of sp³-hybridized carbons (Fsp3) is 0.500. The van der Waals surface area contributed by atoms with E-state index in [2.05, 4.69) is 22.9 Å². The molecule has 1 aliphatic rings. The summed E-state index contributed by atoms with van der Waals surface area (Å²) in [5.41, 5.74) is 0. The average Bonchev–Trinajstić information content (AvgIpc) is 2.40. The number of hydrogen-bond donors (Lipinski definition) is 0. The van der Waals surface area contributed by atoms with Crippen molar-refractivity contribution in [3.8, 4) is 5.75 Å². The summed E-state index contributed by atoms with van der Waals surface area (Å²) in [5, 5.41) is 0. The maximum Gasteiger partial charge on any atom is 0.260 e. The maximum atomic E-state index is 12.0.